The van der Waals surface area contributed by atoms with Crippen LogP contribution in [0.5, 0.6) is 5.75 Å². The first-order valence-corrected chi connectivity index (χ1v) is 2.91. The molecule has 0 fully saturated rings. The SMILES string of the molecule is [CH]COc1ccc(F)cc1. The molecular weight excluding hydrogens is 131 g/mol. The minimum atomic E-state index is -0.274. The highest BCUT2D eigenvalue weighted by Gasteiger charge is 1.90. The molecule has 0 spiro atoms. The van der Waals surface area contributed by atoms with Crippen molar-refractivity contribution in [2.45, 2.75) is 0 Å². The predicted molar refractivity (Wildman–Crippen MR) is 36.2 cm³/mol. The maximum absolute atomic E-state index is 12.2. The summed E-state index contributed by atoms with van der Waals surface area (Å²) in [5.41, 5.74) is 0. The van der Waals surface area contributed by atoms with Crippen LogP contribution in [0.3, 0.4) is 0 Å². The van der Waals surface area contributed by atoms with Gasteiger partial charge in [0, 0.05) is 6.92 Å². The number of hydrogen-bond acceptors (Lipinski definition) is 1. The van der Waals surface area contributed by atoms with E-state index in [4.69, 9.17) is 11.7 Å². The molecule has 0 aliphatic carbocycles. The Morgan fingerprint density at radius 3 is 2.40 bits per heavy atom. The highest BCUT2D eigenvalue weighted by atomic mass is 19.1. The van der Waals surface area contributed by atoms with Gasteiger partial charge in [-0.05, 0) is 24.3 Å². The quantitative estimate of drug-likeness (QED) is 0.606. The fourth-order valence-electron chi connectivity index (χ4n) is 0.627. The van der Waals surface area contributed by atoms with Crippen LogP contribution in [0, 0.1) is 12.7 Å². The van der Waals surface area contributed by atoms with Crippen molar-refractivity contribution >= 4 is 0 Å². The molecule has 0 aliphatic rings. The minimum absolute atomic E-state index is 0.117. The van der Waals surface area contributed by atoms with Crippen LogP contribution in [0.1, 0.15) is 0 Å². The smallest absolute Gasteiger partial charge is 0.123 e. The van der Waals surface area contributed by atoms with Crippen LogP contribution >= 0.6 is 0 Å². The molecule has 0 saturated carbocycles. The van der Waals surface area contributed by atoms with Gasteiger partial charge in [-0.1, -0.05) is 0 Å². The maximum atomic E-state index is 12.2. The molecule has 0 bridgehead atoms. The molecule has 10 heavy (non-hydrogen) atoms. The number of rotatable bonds is 2. The molecule has 0 N–H and O–H groups in total. The van der Waals surface area contributed by atoms with E-state index in [0.29, 0.717) is 5.75 Å². The monoisotopic (exact) mass is 138 g/mol. The average molecular weight is 138 g/mol. The third-order valence-electron chi connectivity index (χ3n) is 1.06. The summed E-state index contributed by atoms with van der Waals surface area (Å²) >= 11 is 0. The van der Waals surface area contributed by atoms with Crippen LogP contribution in [-0.2, 0) is 0 Å². The highest BCUT2D eigenvalue weighted by molar-refractivity contribution is 5.21. The van der Waals surface area contributed by atoms with Crippen LogP contribution in [0.4, 0.5) is 4.39 Å². The predicted octanol–water partition coefficient (Wildman–Crippen LogP) is 1.92. The first-order valence-electron chi connectivity index (χ1n) is 2.91. The van der Waals surface area contributed by atoms with Crippen molar-refractivity contribution in [1.29, 1.82) is 0 Å². The van der Waals surface area contributed by atoms with Gasteiger partial charge in [-0.15, -0.1) is 0 Å². The second kappa shape index (κ2) is 3.20. The van der Waals surface area contributed by atoms with E-state index in [1.807, 2.05) is 0 Å². The molecule has 0 aromatic heterocycles. The fraction of sp³-hybridized carbons (Fsp3) is 0.125. The number of hydrogen-bond donors (Lipinski definition) is 0. The molecule has 0 atom stereocenters. The standard InChI is InChI=1S/C8H7FO/c1-2-10-8-5-3-7(9)4-6-8/h1,3-6H,2H2. The summed E-state index contributed by atoms with van der Waals surface area (Å²) < 4.78 is 17.1. The van der Waals surface area contributed by atoms with Gasteiger partial charge in [0.05, 0.1) is 6.61 Å². The summed E-state index contributed by atoms with van der Waals surface area (Å²) in [6.45, 7) is 5.20. The van der Waals surface area contributed by atoms with Gasteiger partial charge < -0.3 is 4.74 Å². The van der Waals surface area contributed by atoms with Gasteiger partial charge in [0.15, 0.2) is 0 Å². The normalized spacial score (nSPS) is 9.40. The minimum Gasteiger partial charge on any atom is -0.493 e. The molecule has 1 aromatic rings. The molecule has 52 valence electrons. The first-order chi connectivity index (χ1) is 4.83. The van der Waals surface area contributed by atoms with E-state index in [1.54, 1.807) is 0 Å². The Hall–Kier alpha value is -1.05. The Labute approximate surface area is 59.4 Å². The van der Waals surface area contributed by atoms with Gasteiger partial charge in [-0.2, -0.15) is 0 Å². The topological polar surface area (TPSA) is 9.23 Å². The van der Waals surface area contributed by atoms with Crippen molar-refractivity contribution < 1.29 is 9.13 Å². The number of halogens is 1. The Morgan fingerprint density at radius 2 is 1.90 bits per heavy atom. The summed E-state index contributed by atoms with van der Waals surface area (Å²) in [5.74, 6) is 0.313. The molecule has 2 heteroatoms. The molecular formula is C8H7FO. The van der Waals surface area contributed by atoms with Crippen molar-refractivity contribution in [2.75, 3.05) is 6.61 Å². The fourth-order valence-corrected chi connectivity index (χ4v) is 0.627. The van der Waals surface area contributed by atoms with Crippen molar-refractivity contribution in [2.24, 2.45) is 0 Å². The number of benzene rings is 1. The molecule has 0 unspecified atom stereocenters. The van der Waals surface area contributed by atoms with Crippen LogP contribution in [0.2, 0.25) is 0 Å². The van der Waals surface area contributed by atoms with E-state index in [-0.39, 0.29) is 12.4 Å². The highest BCUT2D eigenvalue weighted by Crippen LogP contribution is 2.10. The van der Waals surface area contributed by atoms with E-state index in [2.05, 4.69) is 0 Å². The van der Waals surface area contributed by atoms with Gasteiger partial charge in [0.1, 0.15) is 11.6 Å². The van der Waals surface area contributed by atoms with Crippen LogP contribution < -0.4 is 4.74 Å². The summed E-state index contributed by atoms with van der Waals surface area (Å²) in [4.78, 5) is 0. The molecule has 0 amide bonds. The van der Waals surface area contributed by atoms with Gasteiger partial charge in [0.2, 0.25) is 0 Å². The Balaban J connectivity index is 2.69. The molecule has 0 saturated heterocycles. The summed E-state index contributed by atoms with van der Waals surface area (Å²) in [6.07, 6.45) is 0. The average Bonchev–Trinajstić information content (AvgIpc) is 1.95. The molecule has 1 rings (SSSR count). The lowest BCUT2D eigenvalue weighted by molar-refractivity contribution is 0.360. The summed E-state index contributed by atoms with van der Waals surface area (Å²) in [6, 6.07) is 5.71. The molecule has 2 radical (unpaired) electrons. The maximum Gasteiger partial charge on any atom is 0.123 e. The van der Waals surface area contributed by atoms with Crippen molar-refractivity contribution in [1.82, 2.24) is 0 Å². The molecule has 0 aliphatic heterocycles. The number of ether oxygens (including phenoxy) is 1. The third-order valence-corrected chi connectivity index (χ3v) is 1.06. The lowest BCUT2D eigenvalue weighted by Crippen LogP contribution is -1.90. The zero-order valence-corrected chi connectivity index (χ0v) is 5.38. The van der Waals surface area contributed by atoms with Crippen molar-refractivity contribution in [3.8, 4) is 5.75 Å². The zero-order chi connectivity index (χ0) is 7.40. The van der Waals surface area contributed by atoms with Gasteiger partial charge in [-0.3, -0.25) is 0 Å². The second-order valence-electron chi connectivity index (χ2n) is 1.76. The Morgan fingerprint density at radius 1 is 1.30 bits per heavy atom. The molecule has 1 aromatic carbocycles. The van der Waals surface area contributed by atoms with E-state index in [1.165, 1.54) is 24.3 Å². The van der Waals surface area contributed by atoms with Gasteiger partial charge in [-0.25, -0.2) is 4.39 Å². The van der Waals surface area contributed by atoms with Crippen molar-refractivity contribution in [3.05, 3.63) is 37.0 Å². The van der Waals surface area contributed by atoms with Gasteiger partial charge >= 0.3 is 0 Å². The van der Waals surface area contributed by atoms with E-state index in [9.17, 15) is 4.39 Å². The van der Waals surface area contributed by atoms with Gasteiger partial charge in [0.25, 0.3) is 0 Å². The Bertz CT molecular complexity index is 193. The summed E-state index contributed by atoms with van der Waals surface area (Å²) in [7, 11) is 0. The van der Waals surface area contributed by atoms with E-state index in [0.717, 1.165) is 0 Å². The summed E-state index contributed by atoms with van der Waals surface area (Å²) in [5, 5.41) is 0. The lowest BCUT2D eigenvalue weighted by Gasteiger charge is -1.99. The van der Waals surface area contributed by atoms with Crippen molar-refractivity contribution in [3.63, 3.8) is 0 Å². The largest absolute Gasteiger partial charge is 0.493 e. The lowest BCUT2D eigenvalue weighted by atomic mass is 10.3. The third kappa shape index (κ3) is 1.72. The van der Waals surface area contributed by atoms with E-state index >= 15 is 0 Å². The van der Waals surface area contributed by atoms with Crippen LogP contribution in [0.25, 0.3) is 0 Å². The molecule has 0 heterocycles. The van der Waals surface area contributed by atoms with E-state index < -0.39 is 0 Å². The van der Waals surface area contributed by atoms with Crippen LogP contribution in [0.15, 0.2) is 24.3 Å². The second-order valence-corrected chi connectivity index (χ2v) is 1.76. The van der Waals surface area contributed by atoms with Crippen LogP contribution in [-0.4, -0.2) is 6.61 Å². The first kappa shape index (κ1) is 7.06. The zero-order valence-electron chi connectivity index (χ0n) is 5.38. The Kier molecular flexibility index (Phi) is 2.26. The molecule has 1 nitrogen and oxygen atoms in total.